The van der Waals surface area contributed by atoms with E-state index in [0.29, 0.717) is 24.7 Å². The summed E-state index contributed by atoms with van der Waals surface area (Å²) >= 11 is 0. The number of hydrogen-bond acceptors (Lipinski definition) is 3. The van der Waals surface area contributed by atoms with Gasteiger partial charge < -0.3 is 15.0 Å². The molecule has 5 heteroatoms. The van der Waals surface area contributed by atoms with Crippen LogP contribution in [0.5, 0.6) is 0 Å². The van der Waals surface area contributed by atoms with Crippen LogP contribution in [0.25, 0.3) is 6.08 Å². The van der Waals surface area contributed by atoms with Gasteiger partial charge in [-0.3, -0.25) is 9.59 Å². The molecule has 3 rings (SSSR count). The van der Waals surface area contributed by atoms with Crippen molar-refractivity contribution in [3.05, 3.63) is 41.5 Å². The van der Waals surface area contributed by atoms with Crippen molar-refractivity contribution in [2.75, 3.05) is 19.7 Å². The molecule has 5 nitrogen and oxygen atoms in total. The standard InChI is InChI=1S/C20H26N2O3/c1-2-22(14-18-4-3-13-25-18)19(23)12-7-15-5-8-16(9-6-15)20(24)21-17-10-11-17/h5-9,12,17-18H,2-4,10-11,13-14H2,1H3,(H,21,24)/b12-7-/t18-/m0/s1. The fraction of sp³-hybridized carbons (Fsp3) is 0.500. The SMILES string of the molecule is CCN(C[C@@H]1CCCO1)C(=O)/C=C\c1ccc(C(=O)NC2CC2)cc1. The van der Waals surface area contributed by atoms with Crippen LogP contribution in [0.1, 0.15) is 48.5 Å². The van der Waals surface area contributed by atoms with Gasteiger partial charge in [0, 0.05) is 37.4 Å². The van der Waals surface area contributed by atoms with E-state index >= 15 is 0 Å². The van der Waals surface area contributed by atoms with E-state index in [1.807, 2.05) is 24.0 Å². The molecule has 1 aliphatic carbocycles. The summed E-state index contributed by atoms with van der Waals surface area (Å²) in [5.74, 6) is -0.0311. The molecule has 1 heterocycles. The van der Waals surface area contributed by atoms with Crippen molar-refractivity contribution in [3.8, 4) is 0 Å². The van der Waals surface area contributed by atoms with Crippen LogP contribution < -0.4 is 5.32 Å². The van der Waals surface area contributed by atoms with Crippen LogP contribution in [0, 0.1) is 0 Å². The first-order chi connectivity index (χ1) is 12.2. The zero-order chi connectivity index (χ0) is 17.6. The Morgan fingerprint density at radius 1 is 1.24 bits per heavy atom. The van der Waals surface area contributed by atoms with Crippen molar-refractivity contribution in [2.24, 2.45) is 0 Å². The molecule has 2 fully saturated rings. The molecule has 1 aliphatic heterocycles. The van der Waals surface area contributed by atoms with Gasteiger partial charge in [-0.1, -0.05) is 12.1 Å². The number of amides is 2. The van der Waals surface area contributed by atoms with Gasteiger partial charge in [0.2, 0.25) is 5.91 Å². The average Bonchev–Trinajstić information content (AvgIpc) is 3.29. The van der Waals surface area contributed by atoms with Gasteiger partial charge in [0.1, 0.15) is 0 Å². The number of likely N-dealkylation sites (N-methyl/N-ethyl adjacent to an activating group) is 1. The predicted molar refractivity (Wildman–Crippen MR) is 97.2 cm³/mol. The normalized spacial score (nSPS) is 20.0. The Hall–Kier alpha value is -2.14. The third-order valence-corrected chi connectivity index (χ3v) is 4.65. The maximum atomic E-state index is 12.4. The molecule has 1 aromatic rings. The van der Waals surface area contributed by atoms with E-state index in [-0.39, 0.29) is 17.9 Å². The number of carbonyl (C=O) groups is 2. The molecule has 0 spiro atoms. The van der Waals surface area contributed by atoms with Crippen molar-refractivity contribution in [1.82, 2.24) is 10.2 Å². The minimum atomic E-state index is -0.0252. The molecule has 2 aliphatic rings. The summed E-state index contributed by atoms with van der Waals surface area (Å²) in [6.45, 7) is 4.10. The number of nitrogens with one attached hydrogen (secondary N) is 1. The Morgan fingerprint density at radius 3 is 2.60 bits per heavy atom. The molecule has 0 unspecified atom stereocenters. The zero-order valence-electron chi connectivity index (χ0n) is 14.7. The van der Waals surface area contributed by atoms with Gasteiger partial charge in [0.05, 0.1) is 6.10 Å². The Labute approximate surface area is 149 Å². The van der Waals surface area contributed by atoms with Crippen molar-refractivity contribution in [3.63, 3.8) is 0 Å². The molecule has 1 saturated heterocycles. The third kappa shape index (κ3) is 5.16. The Bertz CT molecular complexity index is 629. The van der Waals surface area contributed by atoms with Crippen molar-refractivity contribution < 1.29 is 14.3 Å². The van der Waals surface area contributed by atoms with Crippen molar-refractivity contribution >= 4 is 17.9 Å². The summed E-state index contributed by atoms with van der Waals surface area (Å²) in [4.78, 5) is 26.1. The Balaban J connectivity index is 1.54. The van der Waals surface area contributed by atoms with E-state index in [1.54, 1.807) is 24.3 Å². The quantitative estimate of drug-likeness (QED) is 0.775. The fourth-order valence-electron chi connectivity index (χ4n) is 2.92. The highest BCUT2D eigenvalue weighted by atomic mass is 16.5. The first kappa shape index (κ1) is 17.7. The minimum absolute atomic E-state index is 0.00597. The molecule has 0 radical (unpaired) electrons. The summed E-state index contributed by atoms with van der Waals surface area (Å²) in [5.41, 5.74) is 1.56. The number of ether oxygens (including phenoxy) is 1. The predicted octanol–water partition coefficient (Wildman–Crippen LogP) is 2.62. The van der Waals surface area contributed by atoms with Gasteiger partial charge in [-0.05, 0) is 56.4 Å². The molecule has 25 heavy (non-hydrogen) atoms. The molecule has 1 atom stereocenters. The summed E-state index contributed by atoms with van der Waals surface area (Å²) in [6, 6.07) is 7.68. The maximum Gasteiger partial charge on any atom is 0.251 e. The van der Waals surface area contributed by atoms with Gasteiger partial charge in [-0.2, -0.15) is 0 Å². The number of nitrogens with zero attached hydrogens (tertiary/aromatic N) is 1. The Morgan fingerprint density at radius 2 is 2.00 bits per heavy atom. The molecule has 1 aromatic carbocycles. The lowest BCUT2D eigenvalue weighted by Gasteiger charge is -2.22. The van der Waals surface area contributed by atoms with Crippen LogP contribution in [0.15, 0.2) is 30.3 Å². The van der Waals surface area contributed by atoms with Gasteiger partial charge in [0.15, 0.2) is 0 Å². The van der Waals surface area contributed by atoms with Crippen LogP contribution in [-0.2, 0) is 9.53 Å². The van der Waals surface area contributed by atoms with Gasteiger partial charge in [-0.25, -0.2) is 0 Å². The topological polar surface area (TPSA) is 58.6 Å². The highest BCUT2D eigenvalue weighted by molar-refractivity contribution is 5.95. The molecule has 134 valence electrons. The lowest BCUT2D eigenvalue weighted by molar-refractivity contribution is -0.127. The highest BCUT2D eigenvalue weighted by Crippen LogP contribution is 2.19. The van der Waals surface area contributed by atoms with Crippen LogP contribution in [0.2, 0.25) is 0 Å². The van der Waals surface area contributed by atoms with E-state index in [2.05, 4.69) is 5.32 Å². The van der Waals surface area contributed by atoms with Gasteiger partial charge in [-0.15, -0.1) is 0 Å². The summed E-state index contributed by atoms with van der Waals surface area (Å²) < 4.78 is 5.61. The Kier molecular flexibility index (Phi) is 5.87. The van der Waals surface area contributed by atoms with E-state index in [1.165, 1.54) is 0 Å². The van der Waals surface area contributed by atoms with Crippen LogP contribution in [-0.4, -0.2) is 48.6 Å². The highest BCUT2D eigenvalue weighted by Gasteiger charge is 2.23. The summed E-state index contributed by atoms with van der Waals surface area (Å²) in [5, 5.41) is 2.97. The van der Waals surface area contributed by atoms with Gasteiger partial charge >= 0.3 is 0 Å². The van der Waals surface area contributed by atoms with E-state index < -0.39 is 0 Å². The number of hydrogen-bond donors (Lipinski definition) is 1. The summed E-state index contributed by atoms with van der Waals surface area (Å²) in [7, 11) is 0. The number of benzene rings is 1. The van der Waals surface area contributed by atoms with E-state index in [0.717, 1.165) is 37.9 Å². The molecule has 2 amide bonds. The monoisotopic (exact) mass is 342 g/mol. The van der Waals surface area contributed by atoms with Crippen molar-refractivity contribution in [2.45, 2.75) is 44.8 Å². The molecule has 0 bridgehead atoms. The fourth-order valence-corrected chi connectivity index (χ4v) is 2.92. The minimum Gasteiger partial charge on any atom is -0.376 e. The van der Waals surface area contributed by atoms with E-state index in [9.17, 15) is 9.59 Å². The maximum absolute atomic E-state index is 12.4. The van der Waals surface area contributed by atoms with Crippen LogP contribution in [0.3, 0.4) is 0 Å². The van der Waals surface area contributed by atoms with Crippen LogP contribution in [0.4, 0.5) is 0 Å². The van der Waals surface area contributed by atoms with Crippen LogP contribution >= 0.6 is 0 Å². The van der Waals surface area contributed by atoms with E-state index in [4.69, 9.17) is 4.74 Å². The third-order valence-electron chi connectivity index (χ3n) is 4.65. The second kappa shape index (κ2) is 8.30. The zero-order valence-corrected chi connectivity index (χ0v) is 14.7. The molecular weight excluding hydrogens is 316 g/mol. The molecule has 1 N–H and O–H groups in total. The van der Waals surface area contributed by atoms with Gasteiger partial charge in [0.25, 0.3) is 5.91 Å². The summed E-state index contributed by atoms with van der Waals surface area (Å²) in [6.07, 6.45) is 7.82. The second-order valence-electron chi connectivity index (χ2n) is 6.71. The molecule has 0 aromatic heterocycles. The first-order valence-corrected chi connectivity index (χ1v) is 9.15. The number of rotatable bonds is 7. The molecular formula is C20H26N2O3. The largest absolute Gasteiger partial charge is 0.376 e. The smallest absolute Gasteiger partial charge is 0.251 e. The average molecular weight is 342 g/mol. The van der Waals surface area contributed by atoms with Crippen molar-refractivity contribution in [1.29, 1.82) is 0 Å². The first-order valence-electron chi connectivity index (χ1n) is 9.15. The lowest BCUT2D eigenvalue weighted by atomic mass is 10.1. The molecule has 1 saturated carbocycles. The lowest BCUT2D eigenvalue weighted by Crippen LogP contribution is -2.36. The number of carbonyl (C=O) groups excluding carboxylic acids is 2. The second-order valence-corrected chi connectivity index (χ2v) is 6.71.